The van der Waals surface area contributed by atoms with Gasteiger partial charge in [0.05, 0.1) is 7.11 Å². The predicted octanol–water partition coefficient (Wildman–Crippen LogP) is 2.80. The second kappa shape index (κ2) is 2.92. The molecule has 1 aromatic heterocycles. The van der Waals surface area contributed by atoms with Crippen molar-refractivity contribution in [2.75, 3.05) is 12.8 Å². The van der Waals surface area contributed by atoms with E-state index in [4.69, 9.17) is 10.5 Å². The van der Waals surface area contributed by atoms with Crippen LogP contribution in [0.1, 0.15) is 5.56 Å². The van der Waals surface area contributed by atoms with Crippen molar-refractivity contribution in [1.82, 2.24) is 0 Å². The molecule has 2 aromatic rings. The van der Waals surface area contributed by atoms with Crippen LogP contribution < -0.4 is 10.5 Å². The number of benzene rings is 1. The van der Waals surface area contributed by atoms with Crippen molar-refractivity contribution in [2.24, 2.45) is 0 Å². The summed E-state index contributed by atoms with van der Waals surface area (Å²) in [4.78, 5) is 0. The Labute approximate surface area is 80.9 Å². The molecule has 0 radical (unpaired) electrons. The third-order valence-corrected chi connectivity index (χ3v) is 3.07. The molecule has 13 heavy (non-hydrogen) atoms. The standard InChI is InChI=1S/C10H11NOS/c1-6-8(11)5-9-7(3-4-13-9)10(6)12-2/h3-5H,11H2,1-2H3. The normalized spacial score (nSPS) is 10.6. The third kappa shape index (κ3) is 1.16. The highest BCUT2D eigenvalue weighted by molar-refractivity contribution is 7.17. The average molecular weight is 193 g/mol. The average Bonchev–Trinajstić information content (AvgIpc) is 2.54. The minimum absolute atomic E-state index is 0.798. The van der Waals surface area contributed by atoms with Crippen LogP contribution in [0, 0.1) is 6.92 Å². The molecular formula is C10H11NOS. The Balaban J connectivity index is 2.87. The van der Waals surface area contributed by atoms with E-state index in [-0.39, 0.29) is 0 Å². The summed E-state index contributed by atoms with van der Waals surface area (Å²) >= 11 is 1.68. The maximum Gasteiger partial charge on any atom is 0.132 e. The van der Waals surface area contributed by atoms with Crippen molar-refractivity contribution in [3.8, 4) is 5.75 Å². The molecule has 0 aliphatic rings. The van der Waals surface area contributed by atoms with Crippen molar-refractivity contribution >= 4 is 27.1 Å². The topological polar surface area (TPSA) is 35.2 Å². The number of fused-ring (bicyclic) bond motifs is 1. The molecule has 1 aromatic carbocycles. The molecule has 0 spiro atoms. The van der Waals surface area contributed by atoms with E-state index in [2.05, 4.69) is 6.07 Å². The molecule has 2 N–H and O–H groups in total. The number of hydrogen-bond acceptors (Lipinski definition) is 3. The highest BCUT2D eigenvalue weighted by Gasteiger charge is 2.08. The minimum Gasteiger partial charge on any atom is -0.496 e. The van der Waals surface area contributed by atoms with Gasteiger partial charge in [-0.25, -0.2) is 0 Å². The third-order valence-electron chi connectivity index (χ3n) is 2.20. The number of nitrogens with two attached hydrogens (primary N) is 1. The smallest absolute Gasteiger partial charge is 0.132 e. The molecular weight excluding hydrogens is 182 g/mol. The lowest BCUT2D eigenvalue weighted by molar-refractivity contribution is 0.417. The lowest BCUT2D eigenvalue weighted by Gasteiger charge is -2.08. The van der Waals surface area contributed by atoms with E-state index >= 15 is 0 Å². The van der Waals surface area contributed by atoms with Crippen LogP contribution in [-0.4, -0.2) is 7.11 Å². The molecule has 0 fully saturated rings. The van der Waals surface area contributed by atoms with E-state index in [0.29, 0.717) is 0 Å². The van der Waals surface area contributed by atoms with Gasteiger partial charge < -0.3 is 10.5 Å². The van der Waals surface area contributed by atoms with Gasteiger partial charge in [-0.05, 0) is 24.4 Å². The highest BCUT2D eigenvalue weighted by atomic mass is 32.1. The van der Waals surface area contributed by atoms with Crippen LogP contribution in [0.5, 0.6) is 5.75 Å². The maximum atomic E-state index is 5.85. The van der Waals surface area contributed by atoms with Crippen molar-refractivity contribution in [1.29, 1.82) is 0 Å². The molecule has 0 saturated heterocycles. The van der Waals surface area contributed by atoms with Crippen LogP contribution in [0.4, 0.5) is 5.69 Å². The van der Waals surface area contributed by atoms with Crippen molar-refractivity contribution in [3.63, 3.8) is 0 Å². The summed E-state index contributed by atoms with van der Waals surface area (Å²) in [5, 5.41) is 3.20. The van der Waals surface area contributed by atoms with Crippen molar-refractivity contribution in [2.45, 2.75) is 6.92 Å². The first-order chi connectivity index (χ1) is 6.24. The Morgan fingerprint density at radius 3 is 2.92 bits per heavy atom. The SMILES string of the molecule is COc1c(C)c(N)cc2sccc12. The fourth-order valence-corrected chi connectivity index (χ4v) is 2.30. The van der Waals surface area contributed by atoms with Crippen LogP contribution in [-0.2, 0) is 0 Å². The van der Waals surface area contributed by atoms with Gasteiger partial charge in [0.25, 0.3) is 0 Å². The summed E-state index contributed by atoms with van der Waals surface area (Å²) < 4.78 is 6.50. The van der Waals surface area contributed by atoms with Gasteiger partial charge in [0, 0.05) is 21.3 Å². The number of anilines is 1. The van der Waals surface area contributed by atoms with Crippen molar-refractivity contribution < 1.29 is 4.74 Å². The number of nitrogen functional groups attached to an aromatic ring is 1. The van der Waals surface area contributed by atoms with Crippen LogP contribution in [0.25, 0.3) is 10.1 Å². The summed E-state index contributed by atoms with van der Waals surface area (Å²) in [6.45, 7) is 1.98. The molecule has 3 heteroatoms. The molecule has 0 bridgehead atoms. The van der Waals surface area contributed by atoms with Crippen LogP contribution in [0.15, 0.2) is 17.5 Å². The molecule has 2 rings (SSSR count). The van der Waals surface area contributed by atoms with Gasteiger partial charge in [-0.2, -0.15) is 0 Å². The fraction of sp³-hybridized carbons (Fsp3) is 0.200. The Bertz CT molecular complexity index is 447. The van der Waals surface area contributed by atoms with E-state index in [1.54, 1.807) is 18.4 Å². The van der Waals surface area contributed by atoms with Gasteiger partial charge >= 0.3 is 0 Å². The van der Waals surface area contributed by atoms with E-state index < -0.39 is 0 Å². The first kappa shape index (κ1) is 8.38. The molecule has 0 saturated carbocycles. The van der Waals surface area contributed by atoms with Gasteiger partial charge in [-0.1, -0.05) is 0 Å². The zero-order chi connectivity index (χ0) is 9.42. The lowest BCUT2D eigenvalue weighted by Crippen LogP contribution is -1.93. The van der Waals surface area contributed by atoms with Gasteiger partial charge in [0.1, 0.15) is 5.75 Å². The van der Waals surface area contributed by atoms with Gasteiger partial charge in [-0.15, -0.1) is 11.3 Å². The van der Waals surface area contributed by atoms with E-state index in [1.165, 1.54) is 4.70 Å². The maximum absolute atomic E-state index is 5.85. The molecule has 68 valence electrons. The summed E-state index contributed by atoms with van der Waals surface area (Å²) in [6.07, 6.45) is 0. The second-order valence-corrected chi connectivity index (χ2v) is 3.90. The Morgan fingerprint density at radius 1 is 1.46 bits per heavy atom. The molecule has 2 nitrogen and oxygen atoms in total. The summed E-state index contributed by atoms with van der Waals surface area (Å²) in [5.41, 5.74) is 7.67. The fourth-order valence-electron chi connectivity index (χ4n) is 1.47. The number of thiophene rings is 1. The summed E-state index contributed by atoms with van der Waals surface area (Å²) in [5.74, 6) is 0.899. The summed E-state index contributed by atoms with van der Waals surface area (Å²) in [7, 11) is 1.68. The van der Waals surface area contributed by atoms with Gasteiger partial charge in [0.15, 0.2) is 0 Å². The zero-order valence-corrected chi connectivity index (χ0v) is 8.44. The highest BCUT2D eigenvalue weighted by Crippen LogP contribution is 2.36. The molecule has 1 heterocycles. The monoisotopic (exact) mass is 193 g/mol. The lowest BCUT2D eigenvalue weighted by atomic mass is 10.1. The molecule has 0 unspecified atom stereocenters. The van der Waals surface area contributed by atoms with E-state index in [1.807, 2.05) is 18.4 Å². The number of ether oxygens (including phenoxy) is 1. The molecule has 0 atom stereocenters. The Morgan fingerprint density at radius 2 is 2.23 bits per heavy atom. The second-order valence-electron chi connectivity index (χ2n) is 2.96. The molecule has 0 aliphatic carbocycles. The Kier molecular flexibility index (Phi) is 1.88. The quantitative estimate of drug-likeness (QED) is 0.707. The molecule has 0 amide bonds. The van der Waals surface area contributed by atoms with Crippen LogP contribution in [0.2, 0.25) is 0 Å². The van der Waals surface area contributed by atoms with E-state index in [9.17, 15) is 0 Å². The van der Waals surface area contributed by atoms with Crippen LogP contribution >= 0.6 is 11.3 Å². The largest absolute Gasteiger partial charge is 0.496 e. The summed E-state index contributed by atoms with van der Waals surface area (Å²) in [6, 6.07) is 4.06. The van der Waals surface area contributed by atoms with Gasteiger partial charge in [0.2, 0.25) is 0 Å². The van der Waals surface area contributed by atoms with E-state index in [0.717, 1.165) is 22.4 Å². The first-order valence-electron chi connectivity index (χ1n) is 4.04. The first-order valence-corrected chi connectivity index (χ1v) is 4.92. The molecule has 0 aliphatic heterocycles. The number of methoxy groups -OCH3 is 1. The Hall–Kier alpha value is -1.22. The van der Waals surface area contributed by atoms with Crippen LogP contribution in [0.3, 0.4) is 0 Å². The zero-order valence-electron chi connectivity index (χ0n) is 7.63. The van der Waals surface area contributed by atoms with Gasteiger partial charge in [-0.3, -0.25) is 0 Å². The van der Waals surface area contributed by atoms with Crippen molar-refractivity contribution in [3.05, 3.63) is 23.1 Å². The minimum atomic E-state index is 0.798. The number of rotatable bonds is 1. The predicted molar refractivity (Wildman–Crippen MR) is 57.5 cm³/mol. The number of hydrogen-bond donors (Lipinski definition) is 1.